The number of hydrogen-bond acceptors (Lipinski definition) is 2. The first-order valence-electron chi connectivity index (χ1n) is 9.27. The monoisotopic (exact) mass is 334 g/mol. The number of aryl methyl sites for hydroxylation is 1. The minimum atomic E-state index is 0.117. The molecule has 3 heteroatoms. The molecule has 1 N–H and O–H groups in total. The first-order chi connectivity index (χ1) is 12.3. The molecule has 0 saturated carbocycles. The third-order valence-electron chi connectivity index (χ3n) is 4.69. The molecule has 1 aromatic carbocycles. The maximum absolute atomic E-state index is 11.6. The molecular formula is C22H26N2O. The lowest BCUT2D eigenvalue weighted by Gasteiger charge is -2.18. The van der Waals surface area contributed by atoms with E-state index in [0.29, 0.717) is 6.42 Å². The molecule has 130 valence electrons. The van der Waals surface area contributed by atoms with Crippen molar-refractivity contribution in [3.05, 3.63) is 65.5 Å². The lowest BCUT2D eigenvalue weighted by molar-refractivity contribution is -0.116. The molecule has 1 aliphatic rings. The summed E-state index contributed by atoms with van der Waals surface area (Å²) in [6.07, 6.45) is 13.3. The van der Waals surface area contributed by atoms with Crippen LogP contribution >= 0.6 is 0 Å². The van der Waals surface area contributed by atoms with Crippen LogP contribution < -0.4 is 5.32 Å². The molecule has 2 aromatic rings. The van der Waals surface area contributed by atoms with Crippen LogP contribution in [0.15, 0.2) is 48.8 Å². The number of fused-ring (bicyclic) bond motifs is 1. The fraction of sp³-hybridized carbons (Fsp3) is 0.364. The number of allylic oxidation sites excluding steroid dienone is 2. The van der Waals surface area contributed by atoms with Gasteiger partial charge in [-0.15, -0.1) is 0 Å². The highest BCUT2D eigenvalue weighted by molar-refractivity contribution is 5.94. The molecule has 0 saturated heterocycles. The van der Waals surface area contributed by atoms with Crippen LogP contribution in [-0.2, 0) is 17.6 Å². The van der Waals surface area contributed by atoms with E-state index >= 15 is 0 Å². The molecule has 0 bridgehead atoms. The topological polar surface area (TPSA) is 42.0 Å². The van der Waals surface area contributed by atoms with Crippen LogP contribution in [-0.4, -0.2) is 10.9 Å². The number of pyridine rings is 1. The Hall–Kier alpha value is -2.42. The van der Waals surface area contributed by atoms with Gasteiger partial charge in [0.25, 0.3) is 0 Å². The lowest BCUT2D eigenvalue weighted by Crippen LogP contribution is -2.18. The predicted octanol–water partition coefficient (Wildman–Crippen LogP) is 5.17. The van der Waals surface area contributed by atoms with Crippen LogP contribution in [0.1, 0.15) is 55.7 Å². The molecule has 1 aromatic heterocycles. The van der Waals surface area contributed by atoms with Gasteiger partial charge in [0.1, 0.15) is 0 Å². The molecule has 1 aliphatic heterocycles. The van der Waals surface area contributed by atoms with Crippen LogP contribution in [0.2, 0.25) is 0 Å². The third-order valence-corrected chi connectivity index (χ3v) is 4.69. The van der Waals surface area contributed by atoms with Gasteiger partial charge >= 0.3 is 0 Å². The summed E-state index contributed by atoms with van der Waals surface area (Å²) in [4.78, 5) is 15.8. The molecule has 1 amide bonds. The summed E-state index contributed by atoms with van der Waals surface area (Å²) in [6, 6.07) is 10.5. The Morgan fingerprint density at radius 3 is 2.96 bits per heavy atom. The van der Waals surface area contributed by atoms with Crippen molar-refractivity contribution >= 4 is 17.2 Å². The Kier molecular flexibility index (Phi) is 5.99. The molecule has 0 aliphatic carbocycles. The number of nitrogens with one attached hydrogen (secondary N) is 1. The van der Waals surface area contributed by atoms with E-state index in [9.17, 15) is 4.79 Å². The van der Waals surface area contributed by atoms with E-state index < -0.39 is 0 Å². The fourth-order valence-electron chi connectivity index (χ4n) is 3.27. The van der Waals surface area contributed by atoms with Crippen molar-refractivity contribution in [2.24, 2.45) is 0 Å². The maximum atomic E-state index is 11.6. The Morgan fingerprint density at radius 2 is 2.16 bits per heavy atom. The smallest absolute Gasteiger partial charge is 0.224 e. The van der Waals surface area contributed by atoms with Gasteiger partial charge in [-0.25, -0.2) is 0 Å². The van der Waals surface area contributed by atoms with Crippen molar-refractivity contribution in [2.45, 2.75) is 51.9 Å². The fourth-order valence-corrected chi connectivity index (χ4v) is 3.27. The summed E-state index contributed by atoms with van der Waals surface area (Å²) < 4.78 is 0. The Bertz CT molecular complexity index is 750. The number of anilines is 1. The first-order valence-corrected chi connectivity index (χ1v) is 9.27. The minimum absolute atomic E-state index is 0.117. The van der Waals surface area contributed by atoms with Crippen LogP contribution in [0, 0.1) is 0 Å². The highest BCUT2D eigenvalue weighted by atomic mass is 16.1. The van der Waals surface area contributed by atoms with Crippen molar-refractivity contribution in [3.63, 3.8) is 0 Å². The van der Waals surface area contributed by atoms with Crippen molar-refractivity contribution in [1.29, 1.82) is 0 Å². The Morgan fingerprint density at radius 1 is 1.24 bits per heavy atom. The summed E-state index contributed by atoms with van der Waals surface area (Å²) in [5.74, 6) is 0.117. The second-order valence-electron chi connectivity index (χ2n) is 6.68. The second-order valence-corrected chi connectivity index (χ2v) is 6.68. The summed E-state index contributed by atoms with van der Waals surface area (Å²) in [6.45, 7) is 2.23. The summed E-state index contributed by atoms with van der Waals surface area (Å²) >= 11 is 0. The molecule has 0 fully saturated rings. The van der Waals surface area contributed by atoms with Gasteiger partial charge in [-0.1, -0.05) is 38.0 Å². The standard InChI is InChI=1S/C22H26N2O/c1-2-3-4-5-8-18(14-17-7-6-13-23-16-17)19-9-11-21-20(15-19)10-12-22(25)24-21/h6-9,11,13,15-16H,2-5,10,12,14H2,1H3,(H,24,25). The SMILES string of the molecule is CCCCCC=C(Cc1cccnc1)c1ccc2c(c1)CCC(=O)N2. The number of benzene rings is 1. The third kappa shape index (κ3) is 4.79. The molecule has 3 nitrogen and oxygen atoms in total. The van der Waals surface area contributed by atoms with Gasteiger partial charge in [-0.3, -0.25) is 9.78 Å². The summed E-state index contributed by atoms with van der Waals surface area (Å²) in [7, 11) is 0. The summed E-state index contributed by atoms with van der Waals surface area (Å²) in [5, 5.41) is 2.97. The maximum Gasteiger partial charge on any atom is 0.224 e. The zero-order valence-corrected chi connectivity index (χ0v) is 14.9. The molecule has 2 heterocycles. The highest BCUT2D eigenvalue weighted by Crippen LogP contribution is 2.28. The average Bonchev–Trinajstić information content (AvgIpc) is 2.64. The molecule has 0 unspecified atom stereocenters. The number of carbonyl (C=O) groups excluding carboxylic acids is 1. The Labute approximate surface area is 150 Å². The van der Waals surface area contributed by atoms with E-state index in [0.717, 1.165) is 24.9 Å². The molecular weight excluding hydrogens is 308 g/mol. The number of amides is 1. The molecule has 0 atom stereocenters. The molecule has 25 heavy (non-hydrogen) atoms. The highest BCUT2D eigenvalue weighted by Gasteiger charge is 2.15. The number of rotatable bonds is 7. The largest absolute Gasteiger partial charge is 0.326 e. The van der Waals surface area contributed by atoms with Crippen molar-refractivity contribution in [2.75, 3.05) is 5.32 Å². The van der Waals surface area contributed by atoms with Gasteiger partial charge in [0.15, 0.2) is 0 Å². The lowest BCUT2D eigenvalue weighted by atomic mass is 9.93. The number of carbonyl (C=O) groups is 1. The van der Waals surface area contributed by atoms with Crippen LogP contribution in [0.3, 0.4) is 0 Å². The zero-order valence-electron chi connectivity index (χ0n) is 14.9. The van der Waals surface area contributed by atoms with Crippen LogP contribution in [0.4, 0.5) is 5.69 Å². The van der Waals surface area contributed by atoms with Crippen molar-refractivity contribution in [1.82, 2.24) is 4.98 Å². The number of aromatic nitrogens is 1. The van der Waals surface area contributed by atoms with E-state index in [1.165, 1.54) is 41.5 Å². The first kappa shape index (κ1) is 17.4. The quantitative estimate of drug-likeness (QED) is 0.710. The van der Waals surface area contributed by atoms with Crippen molar-refractivity contribution in [3.8, 4) is 0 Å². The van der Waals surface area contributed by atoms with Gasteiger partial charge < -0.3 is 5.32 Å². The van der Waals surface area contributed by atoms with Gasteiger partial charge in [-0.05, 0) is 66.1 Å². The molecule has 0 spiro atoms. The van der Waals surface area contributed by atoms with E-state index in [-0.39, 0.29) is 5.91 Å². The number of nitrogens with zero attached hydrogens (tertiary/aromatic N) is 1. The summed E-state index contributed by atoms with van der Waals surface area (Å²) in [5.41, 5.74) is 6.05. The van der Waals surface area contributed by atoms with Gasteiger partial charge in [0.2, 0.25) is 5.91 Å². The van der Waals surface area contributed by atoms with E-state index in [1.54, 1.807) is 0 Å². The second kappa shape index (κ2) is 8.61. The van der Waals surface area contributed by atoms with Crippen LogP contribution in [0.5, 0.6) is 0 Å². The predicted molar refractivity (Wildman–Crippen MR) is 103 cm³/mol. The normalized spacial score (nSPS) is 14.1. The average molecular weight is 334 g/mol. The molecule has 0 radical (unpaired) electrons. The Balaban J connectivity index is 1.84. The van der Waals surface area contributed by atoms with Gasteiger partial charge in [-0.2, -0.15) is 0 Å². The van der Waals surface area contributed by atoms with E-state index in [1.807, 2.05) is 24.5 Å². The van der Waals surface area contributed by atoms with E-state index in [2.05, 4.69) is 41.5 Å². The van der Waals surface area contributed by atoms with Gasteiger partial charge in [0.05, 0.1) is 0 Å². The number of hydrogen-bond donors (Lipinski definition) is 1. The zero-order chi connectivity index (χ0) is 17.5. The van der Waals surface area contributed by atoms with Crippen LogP contribution in [0.25, 0.3) is 5.57 Å². The van der Waals surface area contributed by atoms with Crippen molar-refractivity contribution < 1.29 is 4.79 Å². The van der Waals surface area contributed by atoms with Gasteiger partial charge in [0, 0.05) is 24.5 Å². The molecule has 3 rings (SSSR count). The van der Waals surface area contributed by atoms with E-state index in [4.69, 9.17) is 0 Å². The minimum Gasteiger partial charge on any atom is -0.326 e. The number of unbranched alkanes of at least 4 members (excludes halogenated alkanes) is 3.